The maximum atomic E-state index is 5.43. The Kier molecular flexibility index (Phi) is 0.821. The van der Waals surface area contributed by atoms with Crippen molar-refractivity contribution in [2.75, 3.05) is 6.54 Å². The van der Waals surface area contributed by atoms with Crippen molar-refractivity contribution < 1.29 is 0 Å². The van der Waals surface area contributed by atoms with E-state index >= 15 is 0 Å². The Hall–Kier alpha value is -0.0800. The quantitative estimate of drug-likeness (QED) is 0.416. The molecule has 0 spiro atoms. The molecular weight excluding hydrogens is 76.1 g/mol. The van der Waals surface area contributed by atoms with Gasteiger partial charge < -0.3 is 5.73 Å². The Morgan fingerprint density at radius 1 is 1.83 bits per heavy atom. The van der Waals surface area contributed by atoms with Crippen LogP contribution in [0, 0.1) is 0 Å². The molecule has 2 nitrogen and oxygen atoms in total. The second kappa shape index (κ2) is 1.21. The Labute approximate surface area is 37.7 Å². The van der Waals surface area contributed by atoms with E-state index in [0.29, 0.717) is 12.1 Å². The fourth-order valence-electron chi connectivity index (χ4n) is 0.438. The van der Waals surface area contributed by atoms with E-state index in [1.165, 1.54) is 0 Å². The molecular formula is C4H9N2. The van der Waals surface area contributed by atoms with Gasteiger partial charge in [-0.15, -0.1) is 0 Å². The molecule has 0 aromatic rings. The first kappa shape index (κ1) is 4.09. The van der Waals surface area contributed by atoms with Crippen LogP contribution >= 0.6 is 0 Å². The van der Waals surface area contributed by atoms with Crippen LogP contribution in [0.4, 0.5) is 0 Å². The van der Waals surface area contributed by atoms with Crippen LogP contribution in [-0.2, 0) is 0 Å². The molecule has 2 heteroatoms. The summed E-state index contributed by atoms with van der Waals surface area (Å²) in [6, 6.07) is 0.801. The molecule has 1 aliphatic heterocycles. The summed E-state index contributed by atoms with van der Waals surface area (Å²) in [7, 11) is 0. The van der Waals surface area contributed by atoms with Gasteiger partial charge in [-0.2, -0.15) is 0 Å². The van der Waals surface area contributed by atoms with Crippen LogP contribution in [0.1, 0.15) is 6.92 Å². The van der Waals surface area contributed by atoms with Crippen molar-refractivity contribution in [3.8, 4) is 0 Å². The zero-order valence-corrected chi connectivity index (χ0v) is 3.89. The molecule has 6 heavy (non-hydrogen) atoms. The normalized spacial score (nSPS) is 45.0. The highest BCUT2D eigenvalue weighted by atomic mass is 15.1. The van der Waals surface area contributed by atoms with Gasteiger partial charge in [-0.05, 0) is 6.92 Å². The smallest absolute Gasteiger partial charge is 0.0382 e. The second-order valence-corrected chi connectivity index (χ2v) is 1.77. The summed E-state index contributed by atoms with van der Waals surface area (Å²) >= 11 is 0. The van der Waals surface area contributed by atoms with Crippen LogP contribution < -0.4 is 11.1 Å². The summed E-state index contributed by atoms with van der Waals surface area (Å²) in [5.74, 6) is 0. The molecule has 35 valence electrons. The fraction of sp³-hybridized carbons (Fsp3) is 1.00. The summed E-state index contributed by atoms with van der Waals surface area (Å²) in [6.07, 6.45) is 0. The molecule has 0 amide bonds. The van der Waals surface area contributed by atoms with Crippen LogP contribution in [0.25, 0.3) is 0 Å². The SMILES string of the molecule is CC1[N]CC1N. The summed E-state index contributed by atoms with van der Waals surface area (Å²) < 4.78 is 0. The first-order chi connectivity index (χ1) is 2.80. The van der Waals surface area contributed by atoms with Crippen molar-refractivity contribution in [2.45, 2.75) is 19.0 Å². The summed E-state index contributed by atoms with van der Waals surface area (Å²) in [5, 5.41) is 4.03. The average molecular weight is 85.1 g/mol. The molecule has 1 heterocycles. The Morgan fingerprint density at radius 3 is 2.33 bits per heavy atom. The second-order valence-electron chi connectivity index (χ2n) is 1.77. The third-order valence-corrected chi connectivity index (χ3v) is 1.22. The van der Waals surface area contributed by atoms with Gasteiger partial charge in [-0.3, -0.25) is 0 Å². The molecule has 1 rings (SSSR count). The van der Waals surface area contributed by atoms with Crippen molar-refractivity contribution in [2.24, 2.45) is 5.73 Å². The molecule has 0 saturated carbocycles. The Morgan fingerprint density at radius 2 is 2.33 bits per heavy atom. The van der Waals surface area contributed by atoms with Gasteiger partial charge in [-0.1, -0.05) is 0 Å². The lowest BCUT2D eigenvalue weighted by Gasteiger charge is -2.29. The number of nitrogens with two attached hydrogens (primary N) is 1. The highest BCUT2D eigenvalue weighted by Gasteiger charge is 2.22. The molecule has 0 aliphatic carbocycles. The fourth-order valence-corrected chi connectivity index (χ4v) is 0.438. The Balaban J connectivity index is 2.20. The van der Waals surface area contributed by atoms with Gasteiger partial charge in [0.25, 0.3) is 0 Å². The van der Waals surface area contributed by atoms with E-state index in [9.17, 15) is 0 Å². The molecule has 1 fully saturated rings. The van der Waals surface area contributed by atoms with Crippen molar-refractivity contribution in [1.29, 1.82) is 0 Å². The molecule has 2 atom stereocenters. The van der Waals surface area contributed by atoms with Crippen LogP contribution in [0.2, 0.25) is 0 Å². The van der Waals surface area contributed by atoms with E-state index in [1.807, 2.05) is 6.92 Å². The van der Waals surface area contributed by atoms with Gasteiger partial charge >= 0.3 is 0 Å². The standard InChI is InChI=1S/C4H9N2/c1-3-4(5)2-6-3/h3-4H,2,5H2,1H3. The minimum atomic E-state index is 0.366. The summed E-state index contributed by atoms with van der Waals surface area (Å²) in [4.78, 5) is 0. The molecule has 0 bridgehead atoms. The maximum absolute atomic E-state index is 5.43. The number of rotatable bonds is 0. The van der Waals surface area contributed by atoms with Gasteiger partial charge in [0.2, 0.25) is 0 Å². The highest BCUT2D eigenvalue weighted by molar-refractivity contribution is 4.86. The third kappa shape index (κ3) is 0.420. The van der Waals surface area contributed by atoms with Crippen molar-refractivity contribution in [1.82, 2.24) is 5.32 Å². The molecule has 2 N–H and O–H groups in total. The van der Waals surface area contributed by atoms with Crippen LogP contribution in [-0.4, -0.2) is 18.6 Å². The van der Waals surface area contributed by atoms with E-state index < -0.39 is 0 Å². The monoisotopic (exact) mass is 85.1 g/mol. The van der Waals surface area contributed by atoms with Crippen LogP contribution in [0.5, 0.6) is 0 Å². The molecule has 1 radical (unpaired) electrons. The molecule has 0 aromatic heterocycles. The van der Waals surface area contributed by atoms with E-state index in [0.717, 1.165) is 6.54 Å². The van der Waals surface area contributed by atoms with Crippen molar-refractivity contribution in [3.05, 3.63) is 0 Å². The largest absolute Gasteiger partial charge is 0.325 e. The van der Waals surface area contributed by atoms with E-state index in [-0.39, 0.29) is 0 Å². The minimum absolute atomic E-state index is 0.366. The van der Waals surface area contributed by atoms with E-state index in [2.05, 4.69) is 5.32 Å². The lowest BCUT2D eigenvalue weighted by Crippen LogP contribution is -2.55. The van der Waals surface area contributed by atoms with E-state index in [4.69, 9.17) is 5.73 Å². The van der Waals surface area contributed by atoms with Gasteiger partial charge in [0, 0.05) is 18.6 Å². The number of hydrogen-bond acceptors (Lipinski definition) is 1. The predicted molar refractivity (Wildman–Crippen MR) is 24.4 cm³/mol. The Bertz CT molecular complexity index is 45.5. The third-order valence-electron chi connectivity index (χ3n) is 1.22. The molecule has 2 unspecified atom stereocenters. The molecule has 1 aliphatic rings. The van der Waals surface area contributed by atoms with Crippen LogP contribution in [0.3, 0.4) is 0 Å². The predicted octanol–water partition coefficient (Wildman–Crippen LogP) is -0.680. The average Bonchev–Trinajstić information content (AvgIpc) is 1.61. The van der Waals surface area contributed by atoms with Gasteiger partial charge in [0.15, 0.2) is 0 Å². The number of hydrogen-bond donors (Lipinski definition) is 1. The number of nitrogens with zero attached hydrogens (tertiary/aromatic N) is 1. The lowest BCUT2D eigenvalue weighted by molar-refractivity contribution is 0.325. The zero-order valence-electron chi connectivity index (χ0n) is 3.89. The summed E-state index contributed by atoms with van der Waals surface area (Å²) in [5.41, 5.74) is 5.43. The van der Waals surface area contributed by atoms with Crippen molar-refractivity contribution >= 4 is 0 Å². The lowest BCUT2D eigenvalue weighted by atomic mass is 10.0. The first-order valence-corrected chi connectivity index (χ1v) is 2.23. The molecule has 1 saturated heterocycles. The van der Waals surface area contributed by atoms with Crippen molar-refractivity contribution in [3.63, 3.8) is 0 Å². The first-order valence-electron chi connectivity index (χ1n) is 2.23. The maximum Gasteiger partial charge on any atom is 0.0382 e. The highest BCUT2D eigenvalue weighted by Crippen LogP contribution is 1.99. The van der Waals surface area contributed by atoms with Gasteiger partial charge in [0.05, 0.1) is 0 Å². The zero-order chi connectivity index (χ0) is 4.57. The van der Waals surface area contributed by atoms with Crippen LogP contribution in [0.15, 0.2) is 0 Å². The molecule has 0 aromatic carbocycles. The van der Waals surface area contributed by atoms with Gasteiger partial charge in [0.1, 0.15) is 0 Å². The van der Waals surface area contributed by atoms with E-state index in [1.54, 1.807) is 0 Å². The van der Waals surface area contributed by atoms with Gasteiger partial charge in [-0.25, -0.2) is 5.32 Å². The summed E-state index contributed by atoms with van der Waals surface area (Å²) in [6.45, 7) is 2.91. The topological polar surface area (TPSA) is 40.1 Å². The minimum Gasteiger partial charge on any atom is -0.325 e.